The molecule has 6 heteroatoms. The van der Waals surface area contributed by atoms with Gasteiger partial charge in [0.15, 0.2) is 0 Å². The molecule has 0 unspecified atom stereocenters. The number of nitrogens with zero attached hydrogens (tertiary/aromatic N) is 1. The van der Waals surface area contributed by atoms with Gasteiger partial charge in [0, 0.05) is 17.4 Å². The second kappa shape index (κ2) is 10.2. The molecule has 1 aromatic heterocycles. The molecule has 0 atom stereocenters. The molecule has 0 aromatic carbocycles. The van der Waals surface area contributed by atoms with Crippen LogP contribution in [-0.4, -0.2) is 36.2 Å². The Morgan fingerprint density at radius 1 is 1.16 bits per heavy atom. The lowest BCUT2D eigenvalue weighted by Crippen LogP contribution is -2.46. The number of hydrogen-bond donors (Lipinski definition) is 1. The first-order valence-corrected chi connectivity index (χ1v) is 12.3. The molecule has 0 saturated heterocycles. The molecule has 5 nitrogen and oxygen atoms in total. The maximum Gasteiger partial charge on any atom is 0.350 e. The molecule has 1 N–H and O–H groups in total. The number of allylic oxidation sites excluding steroid dienone is 1. The lowest BCUT2D eigenvalue weighted by molar-refractivity contribution is -0.123. The van der Waals surface area contributed by atoms with Crippen LogP contribution in [0.2, 0.25) is 0 Å². The highest BCUT2D eigenvalue weighted by atomic mass is 32.1. The average Bonchev–Trinajstić information content (AvgIpc) is 3.17. The van der Waals surface area contributed by atoms with Gasteiger partial charge in [-0.25, -0.2) is 4.79 Å². The molecule has 0 radical (unpaired) electrons. The van der Waals surface area contributed by atoms with E-state index in [0.717, 1.165) is 30.6 Å². The number of methoxy groups -OCH3 is 1. The van der Waals surface area contributed by atoms with Crippen molar-refractivity contribution in [2.75, 3.05) is 12.0 Å². The normalized spacial score (nSPS) is 22.1. The fraction of sp³-hybridized carbons (Fsp3) is 0.615. The van der Waals surface area contributed by atoms with Crippen LogP contribution in [0.5, 0.6) is 0 Å². The number of anilines is 1. The molecule has 32 heavy (non-hydrogen) atoms. The third kappa shape index (κ3) is 6.02. The summed E-state index contributed by atoms with van der Waals surface area (Å²) < 4.78 is 5.06. The van der Waals surface area contributed by atoms with E-state index in [1.54, 1.807) is 0 Å². The van der Waals surface area contributed by atoms with Gasteiger partial charge >= 0.3 is 5.97 Å². The Bertz CT molecular complexity index is 912. The lowest BCUT2D eigenvalue weighted by Gasteiger charge is -2.38. The first-order chi connectivity index (χ1) is 15.1. The van der Waals surface area contributed by atoms with E-state index in [2.05, 4.69) is 18.4 Å². The SMILES string of the molecule is C=C1CCC(C(=O)N(c2cc(C#CC(C)(C)C)sc2C(=O)OC)C2CCC(O)CC2)CC1. The number of esters is 1. The van der Waals surface area contributed by atoms with Gasteiger partial charge in [-0.1, -0.05) is 24.0 Å². The van der Waals surface area contributed by atoms with E-state index in [1.165, 1.54) is 24.0 Å². The number of rotatable bonds is 4. The largest absolute Gasteiger partial charge is 0.465 e. The minimum Gasteiger partial charge on any atom is -0.465 e. The highest BCUT2D eigenvalue weighted by Gasteiger charge is 2.37. The summed E-state index contributed by atoms with van der Waals surface area (Å²) in [7, 11) is 1.36. The van der Waals surface area contributed by atoms with Crippen LogP contribution in [-0.2, 0) is 9.53 Å². The van der Waals surface area contributed by atoms with Gasteiger partial charge in [0.25, 0.3) is 0 Å². The van der Waals surface area contributed by atoms with Gasteiger partial charge in [0.05, 0.1) is 23.8 Å². The fourth-order valence-corrected chi connectivity index (χ4v) is 5.31. The van der Waals surface area contributed by atoms with Crippen molar-refractivity contribution in [1.29, 1.82) is 0 Å². The van der Waals surface area contributed by atoms with Crippen LogP contribution in [0.3, 0.4) is 0 Å². The zero-order valence-electron chi connectivity index (χ0n) is 19.7. The van der Waals surface area contributed by atoms with Crippen LogP contribution in [0.1, 0.15) is 86.7 Å². The Balaban J connectivity index is 2.03. The maximum atomic E-state index is 13.8. The van der Waals surface area contributed by atoms with Gasteiger partial charge < -0.3 is 14.7 Å². The zero-order valence-corrected chi connectivity index (χ0v) is 20.5. The predicted molar refractivity (Wildman–Crippen MR) is 129 cm³/mol. The number of carbonyl (C=O) groups is 2. The number of ether oxygens (including phenoxy) is 1. The van der Waals surface area contributed by atoms with Crippen molar-refractivity contribution in [3.8, 4) is 11.8 Å². The molecule has 2 aliphatic rings. The number of thiophene rings is 1. The third-order valence-electron chi connectivity index (χ3n) is 6.21. The standard InChI is InChI=1S/C26H35NO4S/c1-17-6-8-18(9-7-17)24(29)27(19-10-12-20(28)13-11-19)22-16-21(14-15-26(2,3)4)32-23(22)25(30)31-5/h16,18-20,28H,1,6-13H2,2-5H3. The van der Waals surface area contributed by atoms with Crippen molar-refractivity contribution < 1.29 is 19.4 Å². The number of carbonyl (C=O) groups excluding carboxylic acids is 2. The first-order valence-electron chi connectivity index (χ1n) is 11.5. The topological polar surface area (TPSA) is 66.8 Å². The Kier molecular flexibility index (Phi) is 7.84. The Hall–Kier alpha value is -2.10. The average molecular weight is 458 g/mol. The molecule has 1 amide bonds. The maximum absolute atomic E-state index is 13.8. The van der Waals surface area contributed by atoms with Gasteiger partial charge in [-0.05, 0) is 78.2 Å². The van der Waals surface area contributed by atoms with Gasteiger partial charge in [-0.2, -0.15) is 0 Å². The van der Waals surface area contributed by atoms with Crippen LogP contribution in [0.15, 0.2) is 18.2 Å². The molecule has 0 spiro atoms. The summed E-state index contributed by atoms with van der Waals surface area (Å²) in [6, 6.07) is 1.83. The molecule has 2 fully saturated rings. The second-order valence-electron chi connectivity index (χ2n) is 10.0. The van der Waals surface area contributed by atoms with Gasteiger partial charge in [0.2, 0.25) is 5.91 Å². The smallest absolute Gasteiger partial charge is 0.350 e. The highest BCUT2D eigenvalue weighted by Crippen LogP contribution is 2.38. The van der Waals surface area contributed by atoms with Gasteiger partial charge in [-0.15, -0.1) is 11.3 Å². The predicted octanol–water partition coefficient (Wildman–Crippen LogP) is 5.32. The molecule has 3 rings (SSSR count). The molecule has 174 valence electrons. The number of aliphatic hydroxyl groups excluding tert-OH is 1. The summed E-state index contributed by atoms with van der Waals surface area (Å²) in [6.45, 7) is 10.2. The van der Waals surface area contributed by atoms with Crippen molar-refractivity contribution in [2.45, 2.75) is 84.3 Å². The number of amides is 1. The van der Waals surface area contributed by atoms with E-state index >= 15 is 0 Å². The van der Waals surface area contributed by atoms with E-state index < -0.39 is 5.97 Å². The van der Waals surface area contributed by atoms with Crippen molar-refractivity contribution in [3.63, 3.8) is 0 Å². The van der Waals surface area contributed by atoms with Gasteiger partial charge in [0.1, 0.15) is 4.88 Å². The molecular formula is C26H35NO4S. The van der Waals surface area contributed by atoms with Crippen LogP contribution in [0.4, 0.5) is 5.69 Å². The van der Waals surface area contributed by atoms with E-state index in [4.69, 9.17) is 4.74 Å². The summed E-state index contributed by atoms with van der Waals surface area (Å²) in [5.74, 6) is 5.94. The molecule has 2 saturated carbocycles. The monoisotopic (exact) mass is 457 g/mol. The van der Waals surface area contributed by atoms with Crippen molar-refractivity contribution >= 4 is 28.9 Å². The summed E-state index contributed by atoms with van der Waals surface area (Å²) in [5.41, 5.74) is 1.64. The molecule has 2 aliphatic carbocycles. The molecule has 1 heterocycles. The van der Waals surface area contributed by atoms with E-state index in [-0.39, 0.29) is 29.4 Å². The highest BCUT2D eigenvalue weighted by molar-refractivity contribution is 7.15. The summed E-state index contributed by atoms with van der Waals surface area (Å²) in [6.07, 6.45) is 5.73. The summed E-state index contributed by atoms with van der Waals surface area (Å²) >= 11 is 1.28. The zero-order chi connectivity index (χ0) is 23.5. The molecule has 1 aromatic rings. The lowest BCUT2D eigenvalue weighted by atomic mass is 9.84. The number of hydrogen-bond acceptors (Lipinski definition) is 5. The van der Waals surface area contributed by atoms with Crippen molar-refractivity contribution in [3.05, 3.63) is 28.0 Å². The molecule has 0 aliphatic heterocycles. The Morgan fingerprint density at radius 2 is 1.78 bits per heavy atom. The van der Waals surface area contributed by atoms with E-state index in [1.807, 2.05) is 31.7 Å². The molecule has 0 bridgehead atoms. The number of aliphatic hydroxyl groups is 1. The van der Waals surface area contributed by atoms with Crippen LogP contribution in [0.25, 0.3) is 0 Å². The Morgan fingerprint density at radius 3 is 2.34 bits per heavy atom. The molecular weight excluding hydrogens is 422 g/mol. The van der Waals surface area contributed by atoms with Crippen LogP contribution >= 0.6 is 11.3 Å². The minimum absolute atomic E-state index is 0.0440. The fourth-order valence-electron chi connectivity index (χ4n) is 4.39. The van der Waals surface area contributed by atoms with Crippen molar-refractivity contribution in [2.24, 2.45) is 11.3 Å². The van der Waals surface area contributed by atoms with E-state index in [0.29, 0.717) is 36.2 Å². The van der Waals surface area contributed by atoms with Crippen molar-refractivity contribution in [1.82, 2.24) is 0 Å². The van der Waals surface area contributed by atoms with Gasteiger partial charge in [-0.3, -0.25) is 4.79 Å². The Labute approximate surface area is 195 Å². The van der Waals surface area contributed by atoms with Crippen LogP contribution in [0, 0.1) is 23.2 Å². The summed E-state index contributed by atoms with van der Waals surface area (Å²) in [5, 5.41) is 10.0. The second-order valence-corrected chi connectivity index (χ2v) is 11.1. The quantitative estimate of drug-likeness (QED) is 0.378. The first kappa shape index (κ1) is 24.5. The van der Waals surface area contributed by atoms with Crippen LogP contribution < -0.4 is 4.90 Å². The summed E-state index contributed by atoms with van der Waals surface area (Å²) in [4.78, 5) is 29.5. The van der Waals surface area contributed by atoms with E-state index in [9.17, 15) is 14.7 Å². The third-order valence-corrected chi connectivity index (χ3v) is 7.23. The minimum atomic E-state index is -0.445.